The zero-order chi connectivity index (χ0) is 11.1. The van der Waals surface area contributed by atoms with Crippen LogP contribution in [-0.4, -0.2) is 17.6 Å². The van der Waals surface area contributed by atoms with Crippen molar-refractivity contribution in [3.8, 4) is 0 Å². The van der Waals surface area contributed by atoms with Crippen molar-refractivity contribution in [1.29, 1.82) is 0 Å². The average molecular weight is 217 g/mol. The fourth-order valence-electron chi connectivity index (χ4n) is 2.27. The van der Waals surface area contributed by atoms with Crippen LogP contribution < -0.4 is 10.6 Å². The SMILES string of the molecule is CC1CCCN1c1nc2cc(N)ccc2o1. The molecule has 1 fully saturated rings. The maximum Gasteiger partial charge on any atom is 0.298 e. The largest absolute Gasteiger partial charge is 0.423 e. The monoisotopic (exact) mass is 217 g/mol. The van der Waals surface area contributed by atoms with Gasteiger partial charge < -0.3 is 15.1 Å². The first-order valence-corrected chi connectivity index (χ1v) is 5.67. The molecule has 1 aromatic carbocycles. The van der Waals surface area contributed by atoms with E-state index in [1.165, 1.54) is 12.8 Å². The molecule has 0 spiro atoms. The van der Waals surface area contributed by atoms with Crippen LogP contribution in [0.3, 0.4) is 0 Å². The lowest BCUT2D eigenvalue weighted by Crippen LogP contribution is -2.26. The molecule has 0 amide bonds. The van der Waals surface area contributed by atoms with Gasteiger partial charge in [-0.3, -0.25) is 0 Å². The van der Waals surface area contributed by atoms with Crippen molar-refractivity contribution in [2.24, 2.45) is 0 Å². The number of hydrogen-bond donors (Lipinski definition) is 1. The second-order valence-electron chi connectivity index (χ2n) is 4.41. The summed E-state index contributed by atoms with van der Waals surface area (Å²) in [7, 11) is 0. The number of benzene rings is 1. The molecule has 1 aliphatic rings. The molecule has 1 unspecified atom stereocenters. The molecule has 0 radical (unpaired) electrons. The first-order valence-electron chi connectivity index (χ1n) is 5.67. The minimum atomic E-state index is 0.519. The van der Waals surface area contributed by atoms with Gasteiger partial charge in [0.15, 0.2) is 5.58 Å². The van der Waals surface area contributed by atoms with Crippen LogP contribution in [0.2, 0.25) is 0 Å². The van der Waals surface area contributed by atoms with Crippen LogP contribution in [0.1, 0.15) is 19.8 Å². The van der Waals surface area contributed by atoms with E-state index in [9.17, 15) is 0 Å². The van der Waals surface area contributed by atoms with E-state index in [2.05, 4.69) is 16.8 Å². The molecular weight excluding hydrogens is 202 g/mol. The van der Waals surface area contributed by atoms with Gasteiger partial charge in [-0.1, -0.05) is 0 Å². The Hall–Kier alpha value is -1.71. The zero-order valence-electron chi connectivity index (χ0n) is 9.31. The molecule has 0 saturated carbocycles. The molecule has 16 heavy (non-hydrogen) atoms. The Balaban J connectivity index is 2.04. The quantitative estimate of drug-likeness (QED) is 0.745. The molecule has 84 valence electrons. The van der Waals surface area contributed by atoms with Gasteiger partial charge in [0.05, 0.1) is 0 Å². The molecule has 0 aliphatic carbocycles. The number of nitrogen functional groups attached to an aromatic ring is 1. The topological polar surface area (TPSA) is 55.3 Å². The van der Waals surface area contributed by atoms with Crippen molar-refractivity contribution in [2.45, 2.75) is 25.8 Å². The molecule has 4 heteroatoms. The van der Waals surface area contributed by atoms with Gasteiger partial charge in [-0.05, 0) is 38.0 Å². The summed E-state index contributed by atoms with van der Waals surface area (Å²) >= 11 is 0. The Morgan fingerprint density at radius 3 is 3.12 bits per heavy atom. The highest BCUT2D eigenvalue weighted by Crippen LogP contribution is 2.28. The van der Waals surface area contributed by atoms with Gasteiger partial charge in [-0.15, -0.1) is 0 Å². The Labute approximate surface area is 94.0 Å². The summed E-state index contributed by atoms with van der Waals surface area (Å²) in [6, 6.07) is 6.81. The van der Waals surface area contributed by atoms with Crippen molar-refractivity contribution >= 4 is 22.8 Å². The number of nitrogens with two attached hydrogens (primary N) is 1. The number of anilines is 2. The Morgan fingerprint density at radius 1 is 1.50 bits per heavy atom. The first-order chi connectivity index (χ1) is 7.74. The number of hydrogen-bond acceptors (Lipinski definition) is 4. The van der Waals surface area contributed by atoms with Crippen LogP contribution >= 0.6 is 0 Å². The lowest BCUT2D eigenvalue weighted by Gasteiger charge is -2.18. The van der Waals surface area contributed by atoms with Crippen LogP contribution in [0.5, 0.6) is 0 Å². The summed E-state index contributed by atoms with van der Waals surface area (Å²) in [5, 5.41) is 0. The minimum absolute atomic E-state index is 0.519. The van der Waals surface area contributed by atoms with E-state index in [1.54, 1.807) is 0 Å². The molecule has 2 heterocycles. The molecule has 3 rings (SSSR count). The number of fused-ring (bicyclic) bond motifs is 1. The molecule has 0 bridgehead atoms. The second-order valence-corrected chi connectivity index (χ2v) is 4.41. The van der Waals surface area contributed by atoms with Gasteiger partial charge in [0.2, 0.25) is 0 Å². The predicted molar refractivity (Wildman–Crippen MR) is 64.5 cm³/mol. The van der Waals surface area contributed by atoms with Gasteiger partial charge in [0, 0.05) is 18.3 Å². The minimum Gasteiger partial charge on any atom is -0.423 e. The van der Waals surface area contributed by atoms with E-state index in [1.807, 2.05) is 18.2 Å². The normalized spacial score (nSPS) is 20.8. The molecule has 4 nitrogen and oxygen atoms in total. The lowest BCUT2D eigenvalue weighted by molar-refractivity contribution is 0.561. The molecule has 2 aromatic rings. The van der Waals surface area contributed by atoms with Crippen LogP contribution in [0, 0.1) is 0 Å². The van der Waals surface area contributed by atoms with Crippen molar-refractivity contribution in [2.75, 3.05) is 17.2 Å². The average Bonchev–Trinajstić information content (AvgIpc) is 2.82. The van der Waals surface area contributed by atoms with Gasteiger partial charge in [-0.25, -0.2) is 0 Å². The summed E-state index contributed by atoms with van der Waals surface area (Å²) in [4.78, 5) is 6.70. The maximum absolute atomic E-state index is 5.74. The van der Waals surface area contributed by atoms with E-state index < -0.39 is 0 Å². The van der Waals surface area contributed by atoms with Crippen LogP contribution in [-0.2, 0) is 0 Å². The third-order valence-electron chi connectivity index (χ3n) is 3.20. The maximum atomic E-state index is 5.74. The van der Waals surface area contributed by atoms with Crippen molar-refractivity contribution in [3.63, 3.8) is 0 Å². The van der Waals surface area contributed by atoms with Crippen LogP contribution in [0.25, 0.3) is 11.1 Å². The van der Waals surface area contributed by atoms with Gasteiger partial charge in [-0.2, -0.15) is 4.98 Å². The van der Waals surface area contributed by atoms with E-state index >= 15 is 0 Å². The lowest BCUT2D eigenvalue weighted by atomic mass is 10.2. The van der Waals surface area contributed by atoms with Gasteiger partial charge in [0.1, 0.15) is 5.52 Å². The zero-order valence-corrected chi connectivity index (χ0v) is 9.31. The van der Waals surface area contributed by atoms with Crippen LogP contribution in [0.15, 0.2) is 22.6 Å². The van der Waals surface area contributed by atoms with Crippen molar-refractivity contribution in [1.82, 2.24) is 4.98 Å². The number of aromatic nitrogens is 1. The Morgan fingerprint density at radius 2 is 2.38 bits per heavy atom. The van der Waals surface area contributed by atoms with E-state index in [-0.39, 0.29) is 0 Å². The standard InChI is InChI=1S/C12H15N3O/c1-8-3-2-6-15(8)12-14-10-7-9(13)4-5-11(10)16-12/h4-5,7-8H,2-3,6,13H2,1H3. The first kappa shape index (κ1) is 9.51. The van der Waals surface area contributed by atoms with Gasteiger partial charge in [0.25, 0.3) is 6.01 Å². The number of nitrogens with zero attached hydrogens (tertiary/aromatic N) is 2. The molecule has 1 aliphatic heterocycles. The van der Waals surface area contributed by atoms with Gasteiger partial charge >= 0.3 is 0 Å². The molecular formula is C12H15N3O. The molecule has 2 N–H and O–H groups in total. The van der Waals surface area contributed by atoms with E-state index in [0.717, 1.165) is 29.3 Å². The molecule has 1 aromatic heterocycles. The summed E-state index contributed by atoms with van der Waals surface area (Å²) in [6.07, 6.45) is 2.42. The fourth-order valence-corrected chi connectivity index (χ4v) is 2.27. The summed E-state index contributed by atoms with van der Waals surface area (Å²) < 4.78 is 5.74. The predicted octanol–water partition coefficient (Wildman–Crippen LogP) is 2.40. The van der Waals surface area contributed by atoms with Crippen LogP contribution in [0.4, 0.5) is 11.7 Å². The molecule has 1 saturated heterocycles. The fraction of sp³-hybridized carbons (Fsp3) is 0.417. The Kier molecular flexibility index (Phi) is 2.02. The van der Waals surface area contributed by atoms with E-state index in [4.69, 9.17) is 10.2 Å². The highest BCUT2D eigenvalue weighted by atomic mass is 16.4. The summed E-state index contributed by atoms with van der Waals surface area (Å²) in [5.74, 6) is 0. The van der Waals surface area contributed by atoms with Crippen molar-refractivity contribution < 1.29 is 4.42 Å². The highest BCUT2D eigenvalue weighted by Gasteiger charge is 2.24. The summed E-state index contributed by atoms with van der Waals surface area (Å²) in [6.45, 7) is 3.24. The third kappa shape index (κ3) is 1.41. The van der Waals surface area contributed by atoms with E-state index in [0.29, 0.717) is 6.04 Å². The molecule has 1 atom stereocenters. The number of rotatable bonds is 1. The smallest absolute Gasteiger partial charge is 0.298 e. The summed E-state index contributed by atoms with van der Waals surface area (Å²) in [5.41, 5.74) is 8.09. The Bertz CT molecular complexity index is 520. The second kappa shape index (κ2) is 3.40. The van der Waals surface area contributed by atoms with Crippen molar-refractivity contribution in [3.05, 3.63) is 18.2 Å². The third-order valence-corrected chi connectivity index (χ3v) is 3.20. The number of oxazole rings is 1. The highest BCUT2D eigenvalue weighted by molar-refractivity contribution is 5.78.